The van der Waals surface area contributed by atoms with Crippen molar-refractivity contribution in [3.8, 4) is 119 Å². The second-order valence-corrected chi connectivity index (χ2v) is 36.5. The maximum atomic E-state index is 4.70. The van der Waals surface area contributed by atoms with Crippen molar-refractivity contribution >= 4 is 55.2 Å². The van der Waals surface area contributed by atoms with Crippen molar-refractivity contribution in [2.24, 2.45) is 35.2 Å². The zero-order chi connectivity index (χ0) is 98.5. The van der Waals surface area contributed by atoms with Gasteiger partial charge in [0.15, 0.2) is 0 Å². The molecular formula is C116H108Ir5N25-5. The molecule has 5 radical (unpaired) electrons. The van der Waals surface area contributed by atoms with E-state index in [9.17, 15) is 0 Å². The molecule has 30 heteroatoms. The molecule has 23 rings (SSSR count). The molecule has 23 aromatic rings. The van der Waals surface area contributed by atoms with Gasteiger partial charge in [-0.2, -0.15) is 25.5 Å². The summed E-state index contributed by atoms with van der Waals surface area (Å²) in [4.78, 5) is 46.0. The SMILES string of the molecule is Cc1cc(-c2ccccc2)cc(C)c1-n1ncnc1-c1[c-]cc2c(c1)nc(C)n2C.Cc1cc(C)c(-n2ncnc2-c2[c-]cc3c(c2)nc(C)n3C)c(C)c1.Cc1cccc(C)c1-n1ncnc1-c1[c-]cc2c(c1)nc(C)n2C.Cc1nc2cc(-c3ncnn3-c3c(-c4ccccc4)cccc3-c3ccccc3)[c-]cc2n1C.Cc1nc2cc(-c3ncnn3-c3c(C(C)C)cccc3C(C)C)[c-]cc2n1C.[Ir].[Ir].[Ir].[Ir].[Ir]. The molecule has 25 nitrogen and oxygen atoms in total. The Balaban J connectivity index is 0.000000144. The van der Waals surface area contributed by atoms with Crippen LogP contribution in [0.3, 0.4) is 0 Å². The first-order chi connectivity index (χ1) is 68.1. The Labute approximate surface area is 917 Å². The smallest absolute Gasteiger partial charge is 0.127 e. The van der Waals surface area contributed by atoms with Crippen molar-refractivity contribution in [2.75, 3.05) is 0 Å². The number of hydrogen-bond donors (Lipinski definition) is 0. The predicted octanol–water partition coefficient (Wildman–Crippen LogP) is 24.0. The predicted molar refractivity (Wildman–Crippen MR) is 561 cm³/mol. The van der Waals surface area contributed by atoms with Crippen LogP contribution in [0.2, 0.25) is 0 Å². The number of nitrogens with zero attached hydrogens (tertiary/aromatic N) is 25. The molecule has 0 fully saturated rings. The third-order valence-corrected chi connectivity index (χ3v) is 26.4. The minimum atomic E-state index is 0. The van der Waals surface area contributed by atoms with E-state index < -0.39 is 0 Å². The molecule has 0 N–H and O–H groups in total. The number of para-hydroxylation sites is 3. The van der Waals surface area contributed by atoms with Crippen LogP contribution in [0.25, 0.3) is 174 Å². The Bertz CT molecular complexity index is 8470. The van der Waals surface area contributed by atoms with Crippen LogP contribution in [0, 0.1) is 113 Å². The third kappa shape index (κ3) is 21.3. The van der Waals surface area contributed by atoms with E-state index in [1.165, 1.54) is 38.9 Å². The van der Waals surface area contributed by atoms with E-state index >= 15 is 0 Å². The van der Waals surface area contributed by atoms with E-state index in [1.54, 1.807) is 31.6 Å². The average molecular weight is 2810 g/mol. The number of hydrogen-bond acceptors (Lipinski definition) is 15. The van der Waals surface area contributed by atoms with E-state index in [0.29, 0.717) is 11.8 Å². The molecule has 10 heterocycles. The van der Waals surface area contributed by atoms with Crippen molar-refractivity contribution in [3.63, 3.8) is 0 Å². The molecule has 0 unspecified atom stereocenters. The minimum absolute atomic E-state index is 0. The van der Waals surface area contributed by atoms with Gasteiger partial charge in [0.05, 0.1) is 86.7 Å². The maximum Gasteiger partial charge on any atom is 0.127 e. The first-order valence-corrected chi connectivity index (χ1v) is 47.1. The number of aromatic nitrogens is 25. The fourth-order valence-corrected chi connectivity index (χ4v) is 18.8. The molecule has 10 aromatic heterocycles. The molecule has 0 atom stereocenters. The van der Waals surface area contributed by atoms with Crippen molar-refractivity contribution in [1.29, 1.82) is 0 Å². The van der Waals surface area contributed by atoms with Gasteiger partial charge in [-0.1, -0.05) is 191 Å². The maximum absolute atomic E-state index is 4.70. The number of aryl methyl sites for hydroxylation is 17. The van der Waals surface area contributed by atoms with Gasteiger partial charge in [0.2, 0.25) is 0 Å². The van der Waals surface area contributed by atoms with Gasteiger partial charge in [-0.3, -0.25) is 73.2 Å². The Kier molecular flexibility index (Phi) is 33.9. The molecule has 0 saturated carbocycles. The van der Waals surface area contributed by atoms with Crippen molar-refractivity contribution in [2.45, 2.75) is 123 Å². The van der Waals surface area contributed by atoms with E-state index in [-0.39, 0.29) is 101 Å². The van der Waals surface area contributed by atoms with Gasteiger partial charge in [-0.25, -0.2) is 0 Å². The molecule has 0 aliphatic carbocycles. The van der Waals surface area contributed by atoms with Crippen molar-refractivity contribution in [3.05, 3.63) is 372 Å². The summed E-state index contributed by atoms with van der Waals surface area (Å²) in [5, 5.41) is 22.8. The van der Waals surface area contributed by atoms with Gasteiger partial charge in [-0.15, -0.1) is 119 Å². The summed E-state index contributed by atoms with van der Waals surface area (Å²) in [7, 11) is 10.1. The van der Waals surface area contributed by atoms with Gasteiger partial charge in [-0.05, 0) is 201 Å². The Morgan fingerprint density at radius 2 is 0.473 bits per heavy atom. The van der Waals surface area contributed by atoms with Gasteiger partial charge in [0.1, 0.15) is 31.6 Å². The fraction of sp³-hybridized carbons (Fsp3) is 0.198. The Hall–Kier alpha value is -13.8. The molecule has 747 valence electrons. The standard InChI is InChI=1S/C29H22N5.C25H22N5.C23H26N5.C20H20N5.C19H18N5.5Ir/c1-20-32-26-18-23(16-17-27(26)33(20)2)29-30-19-31-34(29)28-24(21-10-5-3-6-11-21)14-9-15-25(28)22-12-7-4-8-13-22;1-16-12-21(19-8-6-5-7-9-19)13-17(2)24(16)30-25(26-15-27-30)20-10-11-23-22(14-20)28-18(3)29(23)4;1-14(2)18-8-7-9-19(15(3)4)22(18)28-23(24-13-25-28)17-10-11-21-20(12-17)26-16(5)27(21)6;1-12-8-13(2)19(14(3)9-12)25-20(21-11-22-25)16-6-7-18-17(10-16)23-15(4)24(18)5;1-12-6-5-7-13(2)18(12)24-19(20-11-21-24)15-8-9-17-16(10-15)22-14(3)23(17)4;;;;;/h3-15,17-19H,1-2H3;5-9,11-15H,1-4H3;7-9,11-15H,1-6H3;7-11H,1-5H3;5-7,9-11H,1-4H3;;;;;/q5*-1;;;;;. The number of fused-ring (bicyclic) bond motifs is 5. The zero-order valence-corrected chi connectivity index (χ0v) is 96.8. The van der Waals surface area contributed by atoms with E-state index in [0.717, 1.165) is 214 Å². The van der Waals surface area contributed by atoms with Crippen LogP contribution in [0.5, 0.6) is 0 Å². The molecule has 0 aliphatic rings. The van der Waals surface area contributed by atoms with Crippen LogP contribution in [0.1, 0.15) is 119 Å². The molecule has 0 bridgehead atoms. The zero-order valence-electron chi connectivity index (χ0n) is 84.8. The molecule has 13 aromatic carbocycles. The third-order valence-electron chi connectivity index (χ3n) is 26.4. The van der Waals surface area contributed by atoms with Gasteiger partial charge in [0, 0.05) is 174 Å². The molecule has 0 spiro atoms. The summed E-state index contributed by atoms with van der Waals surface area (Å²) in [5.74, 6) is 9.48. The molecule has 146 heavy (non-hydrogen) atoms. The minimum Gasteiger partial charge on any atom is -0.371 e. The second-order valence-electron chi connectivity index (χ2n) is 36.5. The summed E-state index contributed by atoms with van der Waals surface area (Å²) in [6, 6.07) is 96.0. The van der Waals surface area contributed by atoms with Crippen LogP contribution in [-0.2, 0) is 136 Å². The topological polar surface area (TPSA) is 243 Å². The Morgan fingerprint density at radius 1 is 0.233 bits per heavy atom. The summed E-state index contributed by atoms with van der Waals surface area (Å²) >= 11 is 0. The number of rotatable bonds is 15. The van der Waals surface area contributed by atoms with Crippen LogP contribution >= 0.6 is 0 Å². The summed E-state index contributed by atoms with van der Waals surface area (Å²) in [5.41, 5.74) is 37.3. The summed E-state index contributed by atoms with van der Waals surface area (Å²) < 4.78 is 19.9. The van der Waals surface area contributed by atoms with Crippen LogP contribution in [0.15, 0.2) is 262 Å². The number of benzene rings is 13. The number of imidazole rings is 5. The fourth-order valence-electron chi connectivity index (χ4n) is 18.8. The summed E-state index contributed by atoms with van der Waals surface area (Å²) in [6.07, 6.45) is 8.01. The average Bonchev–Trinajstić information content (AvgIpc) is 1.55. The first kappa shape index (κ1) is 108. The van der Waals surface area contributed by atoms with Crippen LogP contribution < -0.4 is 0 Å². The first-order valence-electron chi connectivity index (χ1n) is 47.1. The molecule has 0 amide bonds. The van der Waals surface area contributed by atoms with Gasteiger partial charge < -0.3 is 22.8 Å². The normalized spacial score (nSPS) is 11.0. The van der Waals surface area contributed by atoms with Crippen LogP contribution in [0.4, 0.5) is 0 Å². The van der Waals surface area contributed by atoms with Gasteiger partial charge >= 0.3 is 0 Å². The molecule has 0 saturated heterocycles. The largest absolute Gasteiger partial charge is 0.371 e. The van der Waals surface area contributed by atoms with E-state index in [2.05, 4.69) is 352 Å². The quantitative estimate of drug-likeness (QED) is 0.0867. The molecule has 0 aliphatic heterocycles. The van der Waals surface area contributed by atoms with Crippen molar-refractivity contribution in [1.82, 2.24) is 122 Å². The van der Waals surface area contributed by atoms with Gasteiger partial charge in [0.25, 0.3) is 0 Å². The van der Waals surface area contributed by atoms with E-state index in [1.807, 2.05) is 166 Å². The monoisotopic (exact) mass is 2820 g/mol. The van der Waals surface area contributed by atoms with Crippen LogP contribution in [-0.4, -0.2) is 122 Å². The Morgan fingerprint density at radius 3 is 0.753 bits per heavy atom. The van der Waals surface area contributed by atoms with E-state index in [4.69, 9.17) is 10.1 Å². The second kappa shape index (κ2) is 45.8. The molecular weight excluding hydrogens is 2700 g/mol. The summed E-state index contributed by atoms with van der Waals surface area (Å²) in [6.45, 7) is 33.6. The van der Waals surface area contributed by atoms with Crippen molar-refractivity contribution < 1.29 is 101 Å².